The van der Waals surface area contributed by atoms with E-state index in [9.17, 15) is 4.79 Å². The summed E-state index contributed by atoms with van der Waals surface area (Å²) in [6, 6.07) is 0. The SMILES string of the molecule is CCCC(=O)C=C1CCCC1. The minimum Gasteiger partial charge on any atom is -0.295 e. The highest BCUT2D eigenvalue weighted by molar-refractivity contribution is 5.90. The van der Waals surface area contributed by atoms with Crippen LogP contribution in [0.5, 0.6) is 0 Å². The molecular formula is C10H16O. The fourth-order valence-corrected chi connectivity index (χ4v) is 1.52. The maximum absolute atomic E-state index is 11.1. The summed E-state index contributed by atoms with van der Waals surface area (Å²) in [6.45, 7) is 2.05. The lowest BCUT2D eigenvalue weighted by Crippen LogP contribution is -1.92. The first-order valence-corrected chi connectivity index (χ1v) is 4.55. The van der Waals surface area contributed by atoms with E-state index in [1.54, 1.807) is 0 Å². The van der Waals surface area contributed by atoms with Crippen LogP contribution >= 0.6 is 0 Å². The third-order valence-corrected chi connectivity index (χ3v) is 2.11. The third kappa shape index (κ3) is 2.87. The molecule has 0 unspecified atom stereocenters. The van der Waals surface area contributed by atoms with Gasteiger partial charge in [0.15, 0.2) is 5.78 Å². The standard InChI is InChI=1S/C10H16O/c1-2-5-10(11)8-9-6-3-4-7-9/h8H,2-7H2,1H3. The van der Waals surface area contributed by atoms with Gasteiger partial charge in [0.2, 0.25) is 0 Å². The van der Waals surface area contributed by atoms with E-state index in [-0.39, 0.29) is 0 Å². The molecule has 0 atom stereocenters. The molecule has 0 saturated heterocycles. The molecule has 1 heteroatoms. The topological polar surface area (TPSA) is 17.1 Å². The van der Waals surface area contributed by atoms with Crippen molar-refractivity contribution in [2.24, 2.45) is 0 Å². The van der Waals surface area contributed by atoms with E-state index < -0.39 is 0 Å². The quantitative estimate of drug-likeness (QED) is 0.568. The lowest BCUT2D eigenvalue weighted by molar-refractivity contribution is -0.114. The summed E-state index contributed by atoms with van der Waals surface area (Å²) >= 11 is 0. The zero-order chi connectivity index (χ0) is 8.10. The van der Waals surface area contributed by atoms with Gasteiger partial charge in [0.25, 0.3) is 0 Å². The number of allylic oxidation sites excluding steroid dienone is 2. The van der Waals surface area contributed by atoms with Crippen molar-refractivity contribution in [1.29, 1.82) is 0 Å². The Hall–Kier alpha value is -0.590. The van der Waals surface area contributed by atoms with Crippen LogP contribution in [0.1, 0.15) is 45.4 Å². The van der Waals surface area contributed by atoms with Crippen LogP contribution in [0.25, 0.3) is 0 Å². The van der Waals surface area contributed by atoms with Crippen molar-refractivity contribution in [1.82, 2.24) is 0 Å². The molecule has 0 N–H and O–H groups in total. The monoisotopic (exact) mass is 152 g/mol. The predicted molar refractivity (Wildman–Crippen MR) is 46.5 cm³/mol. The maximum Gasteiger partial charge on any atom is 0.155 e. The Balaban J connectivity index is 2.36. The number of carbonyl (C=O) groups excluding carboxylic acids is 1. The van der Waals surface area contributed by atoms with Crippen LogP contribution in [0.2, 0.25) is 0 Å². The second-order valence-corrected chi connectivity index (χ2v) is 3.23. The van der Waals surface area contributed by atoms with Gasteiger partial charge in [0.05, 0.1) is 0 Å². The molecule has 0 amide bonds. The molecule has 1 aliphatic rings. The average Bonchev–Trinajstić information content (AvgIpc) is 2.40. The van der Waals surface area contributed by atoms with E-state index in [1.165, 1.54) is 18.4 Å². The van der Waals surface area contributed by atoms with E-state index in [0.29, 0.717) is 5.78 Å². The third-order valence-electron chi connectivity index (χ3n) is 2.11. The predicted octanol–water partition coefficient (Wildman–Crippen LogP) is 2.86. The molecule has 0 heterocycles. The van der Waals surface area contributed by atoms with E-state index >= 15 is 0 Å². The maximum atomic E-state index is 11.1. The van der Waals surface area contributed by atoms with Crippen LogP contribution in [0.3, 0.4) is 0 Å². The highest BCUT2D eigenvalue weighted by atomic mass is 16.1. The lowest BCUT2D eigenvalue weighted by Gasteiger charge is -1.93. The van der Waals surface area contributed by atoms with Gasteiger partial charge < -0.3 is 0 Å². The zero-order valence-electron chi connectivity index (χ0n) is 7.23. The first kappa shape index (κ1) is 8.51. The van der Waals surface area contributed by atoms with Gasteiger partial charge in [-0.25, -0.2) is 0 Å². The second-order valence-electron chi connectivity index (χ2n) is 3.23. The van der Waals surface area contributed by atoms with Gasteiger partial charge in [-0.15, -0.1) is 0 Å². The molecule has 1 fully saturated rings. The van der Waals surface area contributed by atoms with Gasteiger partial charge in [-0.3, -0.25) is 4.79 Å². The first-order chi connectivity index (χ1) is 5.33. The molecule has 0 aromatic carbocycles. The molecular weight excluding hydrogens is 136 g/mol. The van der Waals surface area contributed by atoms with E-state index in [4.69, 9.17) is 0 Å². The van der Waals surface area contributed by atoms with Crippen molar-refractivity contribution in [3.63, 3.8) is 0 Å². The molecule has 1 saturated carbocycles. The molecule has 1 rings (SSSR count). The molecule has 0 radical (unpaired) electrons. The molecule has 11 heavy (non-hydrogen) atoms. The molecule has 62 valence electrons. The van der Waals surface area contributed by atoms with Crippen LogP contribution in [0.4, 0.5) is 0 Å². The average molecular weight is 152 g/mol. The zero-order valence-corrected chi connectivity index (χ0v) is 7.23. The molecule has 1 nitrogen and oxygen atoms in total. The minimum absolute atomic E-state index is 0.324. The molecule has 1 aliphatic carbocycles. The molecule has 0 aromatic heterocycles. The number of hydrogen-bond donors (Lipinski definition) is 0. The summed E-state index contributed by atoms with van der Waals surface area (Å²) < 4.78 is 0. The van der Waals surface area contributed by atoms with E-state index in [2.05, 4.69) is 0 Å². The van der Waals surface area contributed by atoms with Gasteiger partial charge in [0, 0.05) is 6.42 Å². The van der Waals surface area contributed by atoms with Crippen LogP contribution in [0.15, 0.2) is 11.6 Å². The van der Waals surface area contributed by atoms with Gasteiger partial charge in [0.1, 0.15) is 0 Å². The second kappa shape index (κ2) is 4.32. The Bertz CT molecular complexity index is 160. The number of hydrogen-bond acceptors (Lipinski definition) is 1. The number of carbonyl (C=O) groups is 1. The Morgan fingerprint density at radius 1 is 1.45 bits per heavy atom. The normalized spacial score (nSPS) is 17.0. The van der Waals surface area contributed by atoms with Gasteiger partial charge in [-0.05, 0) is 38.2 Å². The van der Waals surface area contributed by atoms with Crippen molar-refractivity contribution >= 4 is 5.78 Å². The molecule has 0 bridgehead atoms. The van der Waals surface area contributed by atoms with Crippen LogP contribution in [-0.2, 0) is 4.79 Å². The van der Waals surface area contributed by atoms with E-state index in [0.717, 1.165) is 25.7 Å². The van der Waals surface area contributed by atoms with E-state index in [1.807, 2.05) is 13.0 Å². The first-order valence-electron chi connectivity index (χ1n) is 4.55. The molecule has 0 spiro atoms. The van der Waals surface area contributed by atoms with Crippen LogP contribution < -0.4 is 0 Å². The smallest absolute Gasteiger partial charge is 0.155 e. The summed E-state index contributed by atoms with van der Waals surface area (Å²) in [7, 11) is 0. The Morgan fingerprint density at radius 3 is 2.64 bits per heavy atom. The number of rotatable bonds is 3. The van der Waals surface area contributed by atoms with Crippen molar-refractivity contribution in [2.75, 3.05) is 0 Å². The summed E-state index contributed by atoms with van der Waals surface area (Å²) in [4.78, 5) is 11.1. The molecule has 0 aliphatic heterocycles. The highest BCUT2D eigenvalue weighted by Crippen LogP contribution is 2.23. The summed E-state index contributed by atoms with van der Waals surface area (Å²) in [5.41, 5.74) is 1.38. The van der Waals surface area contributed by atoms with Gasteiger partial charge >= 0.3 is 0 Å². The Labute approximate surface area is 68.5 Å². The number of ketones is 1. The fourth-order valence-electron chi connectivity index (χ4n) is 1.52. The van der Waals surface area contributed by atoms with Crippen LogP contribution in [-0.4, -0.2) is 5.78 Å². The minimum atomic E-state index is 0.324. The Morgan fingerprint density at radius 2 is 2.09 bits per heavy atom. The van der Waals surface area contributed by atoms with Gasteiger partial charge in [-0.1, -0.05) is 12.5 Å². The highest BCUT2D eigenvalue weighted by Gasteiger charge is 2.07. The lowest BCUT2D eigenvalue weighted by atomic mass is 10.1. The molecule has 0 aromatic rings. The van der Waals surface area contributed by atoms with Crippen molar-refractivity contribution in [3.8, 4) is 0 Å². The largest absolute Gasteiger partial charge is 0.295 e. The summed E-state index contributed by atoms with van der Waals surface area (Å²) in [5.74, 6) is 0.324. The fraction of sp³-hybridized carbons (Fsp3) is 0.700. The van der Waals surface area contributed by atoms with Crippen molar-refractivity contribution in [2.45, 2.75) is 45.4 Å². The van der Waals surface area contributed by atoms with Crippen molar-refractivity contribution in [3.05, 3.63) is 11.6 Å². The Kier molecular flexibility index (Phi) is 3.34. The van der Waals surface area contributed by atoms with Crippen LogP contribution in [0, 0.1) is 0 Å². The van der Waals surface area contributed by atoms with Gasteiger partial charge in [-0.2, -0.15) is 0 Å². The van der Waals surface area contributed by atoms with Crippen molar-refractivity contribution < 1.29 is 4.79 Å². The summed E-state index contributed by atoms with van der Waals surface area (Å²) in [6.07, 6.45) is 8.46. The summed E-state index contributed by atoms with van der Waals surface area (Å²) in [5, 5.41) is 0.